The van der Waals surface area contributed by atoms with Gasteiger partial charge in [0.2, 0.25) is 0 Å². The van der Waals surface area contributed by atoms with Gasteiger partial charge in [-0.1, -0.05) is 53.9 Å². The van der Waals surface area contributed by atoms with Gasteiger partial charge in [0.05, 0.1) is 12.2 Å². The minimum Gasteiger partial charge on any atom is -0.463 e. The van der Waals surface area contributed by atoms with E-state index in [0.29, 0.717) is 37.0 Å². The van der Waals surface area contributed by atoms with Crippen molar-refractivity contribution in [3.8, 4) is 0 Å². The van der Waals surface area contributed by atoms with Crippen molar-refractivity contribution in [2.24, 2.45) is 34.5 Å². The van der Waals surface area contributed by atoms with Crippen molar-refractivity contribution in [1.82, 2.24) is 0 Å². The highest BCUT2D eigenvalue weighted by molar-refractivity contribution is 5.66. The van der Waals surface area contributed by atoms with Crippen LogP contribution in [-0.4, -0.2) is 45.2 Å². The molecule has 0 aliphatic heterocycles. The van der Waals surface area contributed by atoms with Gasteiger partial charge in [-0.3, -0.25) is 4.79 Å². The Morgan fingerprint density at radius 1 is 1.12 bits per heavy atom. The fraction of sp³-hybridized carbons (Fsp3) is 0.897. The molecule has 4 aliphatic carbocycles. The first-order valence-corrected chi connectivity index (χ1v) is 13.8. The number of aliphatic hydroxyl groups is 3. The van der Waals surface area contributed by atoms with E-state index in [1.165, 1.54) is 19.8 Å². The standard InChI is InChI=1S/C29H48O5/c1-17(2)8-7-9-18(3)23-15-25(32)29(33)22-11-10-20-14-21(34-19(4)30)12-13-27(20,5)26(22)24(31)16-28(23,29)6/h17-18,20-21,23-25,31-33H,7-16H2,1-6H3/t18-,20+,21+,23-,24-,25+,27+,28-,29+/m1/s1. The highest BCUT2D eigenvalue weighted by atomic mass is 16.5. The molecule has 0 bridgehead atoms. The molecule has 34 heavy (non-hydrogen) atoms. The smallest absolute Gasteiger partial charge is 0.302 e. The van der Waals surface area contributed by atoms with Gasteiger partial charge in [-0.05, 0) is 85.2 Å². The van der Waals surface area contributed by atoms with Crippen LogP contribution < -0.4 is 0 Å². The lowest BCUT2D eigenvalue weighted by atomic mass is 9.48. The lowest BCUT2D eigenvalue weighted by molar-refractivity contribution is -0.153. The second kappa shape index (κ2) is 9.19. The van der Waals surface area contributed by atoms with Crippen LogP contribution in [0.4, 0.5) is 0 Å². The van der Waals surface area contributed by atoms with Crippen LogP contribution in [0.2, 0.25) is 0 Å². The topological polar surface area (TPSA) is 87.0 Å². The molecule has 0 aromatic rings. The Morgan fingerprint density at radius 2 is 1.82 bits per heavy atom. The summed E-state index contributed by atoms with van der Waals surface area (Å²) in [5, 5.41) is 35.4. The predicted molar refractivity (Wildman–Crippen MR) is 133 cm³/mol. The Balaban J connectivity index is 1.64. The van der Waals surface area contributed by atoms with Crippen LogP contribution >= 0.6 is 0 Å². The first-order valence-electron chi connectivity index (χ1n) is 13.8. The Hall–Kier alpha value is -0.910. The molecule has 5 nitrogen and oxygen atoms in total. The molecule has 0 unspecified atom stereocenters. The average Bonchev–Trinajstić information content (AvgIpc) is 2.94. The fourth-order valence-electron chi connectivity index (χ4n) is 8.87. The number of carbonyl (C=O) groups is 1. The maximum atomic E-state index is 12.4. The quantitative estimate of drug-likeness (QED) is 0.364. The minimum absolute atomic E-state index is 0.0556. The van der Waals surface area contributed by atoms with Gasteiger partial charge in [-0.15, -0.1) is 0 Å². The van der Waals surface area contributed by atoms with Gasteiger partial charge in [-0.25, -0.2) is 0 Å². The molecule has 2 saturated carbocycles. The summed E-state index contributed by atoms with van der Waals surface area (Å²) in [4.78, 5) is 11.5. The van der Waals surface area contributed by atoms with Crippen LogP contribution in [0.25, 0.3) is 0 Å². The van der Waals surface area contributed by atoms with Crippen molar-refractivity contribution < 1.29 is 24.9 Å². The summed E-state index contributed by atoms with van der Waals surface area (Å²) in [6, 6.07) is 0. The summed E-state index contributed by atoms with van der Waals surface area (Å²) in [7, 11) is 0. The molecule has 0 radical (unpaired) electrons. The molecule has 194 valence electrons. The Labute approximate surface area is 206 Å². The highest BCUT2D eigenvalue weighted by Crippen LogP contribution is 2.67. The molecular formula is C29H48O5. The van der Waals surface area contributed by atoms with Gasteiger partial charge in [-0.2, -0.15) is 0 Å². The second-order valence-electron chi connectivity index (χ2n) is 13.1. The average molecular weight is 477 g/mol. The Kier molecular flexibility index (Phi) is 7.07. The van der Waals surface area contributed by atoms with Crippen molar-refractivity contribution in [3.05, 3.63) is 11.1 Å². The van der Waals surface area contributed by atoms with Crippen LogP contribution in [0.1, 0.15) is 106 Å². The molecule has 0 aromatic carbocycles. The van der Waals surface area contributed by atoms with Crippen molar-refractivity contribution in [2.45, 2.75) is 130 Å². The van der Waals surface area contributed by atoms with E-state index in [1.54, 1.807) is 0 Å². The number of esters is 1. The fourth-order valence-corrected chi connectivity index (χ4v) is 8.87. The maximum absolute atomic E-state index is 12.4. The number of carbonyl (C=O) groups excluding carboxylic acids is 1. The number of aliphatic hydroxyl groups excluding tert-OH is 2. The van der Waals surface area contributed by atoms with E-state index in [0.717, 1.165) is 43.3 Å². The SMILES string of the molecule is CC(=O)O[C@H]1CC[C@]2(C)C3=C(CC[C@H]2C1)[C@]1(O)[C@@H](O)C[C@H]([C@H](C)CCCC(C)C)[C@@]1(C)C[C@H]3O. The monoisotopic (exact) mass is 476 g/mol. The molecule has 2 fully saturated rings. The summed E-state index contributed by atoms with van der Waals surface area (Å²) in [6.45, 7) is 12.6. The summed E-state index contributed by atoms with van der Waals surface area (Å²) in [5.74, 6) is 1.36. The molecule has 5 heteroatoms. The van der Waals surface area contributed by atoms with Gasteiger partial charge >= 0.3 is 5.97 Å². The molecule has 4 aliphatic rings. The van der Waals surface area contributed by atoms with Crippen LogP contribution in [0.5, 0.6) is 0 Å². The van der Waals surface area contributed by atoms with Gasteiger partial charge in [0.1, 0.15) is 11.7 Å². The van der Waals surface area contributed by atoms with E-state index in [9.17, 15) is 20.1 Å². The van der Waals surface area contributed by atoms with Crippen molar-refractivity contribution in [3.63, 3.8) is 0 Å². The van der Waals surface area contributed by atoms with Crippen LogP contribution in [0, 0.1) is 34.5 Å². The van der Waals surface area contributed by atoms with Crippen molar-refractivity contribution >= 4 is 5.97 Å². The third kappa shape index (κ3) is 3.98. The molecule has 0 spiro atoms. The largest absolute Gasteiger partial charge is 0.463 e. The van der Waals surface area contributed by atoms with E-state index >= 15 is 0 Å². The lowest BCUT2D eigenvalue weighted by Crippen LogP contribution is -2.61. The normalized spacial score (nSPS) is 44.9. The number of hydrogen-bond donors (Lipinski definition) is 3. The molecular weight excluding hydrogens is 428 g/mol. The summed E-state index contributed by atoms with van der Waals surface area (Å²) in [6.07, 6.45) is 7.19. The molecule has 4 rings (SSSR count). The van der Waals surface area contributed by atoms with Crippen LogP contribution in [0.3, 0.4) is 0 Å². The van der Waals surface area contributed by atoms with Crippen LogP contribution in [0.15, 0.2) is 11.1 Å². The van der Waals surface area contributed by atoms with Crippen molar-refractivity contribution in [1.29, 1.82) is 0 Å². The molecule has 9 atom stereocenters. The molecule has 3 N–H and O–H groups in total. The van der Waals surface area contributed by atoms with E-state index < -0.39 is 23.2 Å². The molecule has 0 aromatic heterocycles. The first-order chi connectivity index (χ1) is 15.8. The van der Waals surface area contributed by atoms with Gasteiger partial charge < -0.3 is 20.1 Å². The zero-order chi connectivity index (χ0) is 25.1. The van der Waals surface area contributed by atoms with Gasteiger partial charge in [0, 0.05) is 12.3 Å². The number of rotatable bonds is 6. The predicted octanol–water partition coefficient (Wildman–Crippen LogP) is 5.16. The van der Waals surface area contributed by atoms with E-state index in [2.05, 4.69) is 34.6 Å². The third-order valence-electron chi connectivity index (χ3n) is 10.6. The number of ether oxygens (including phenoxy) is 1. The summed E-state index contributed by atoms with van der Waals surface area (Å²) < 4.78 is 5.55. The van der Waals surface area contributed by atoms with E-state index in [-0.39, 0.29) is 23.4 Å². The molecule has 0 saturated heterocycles. The van der Waals surface area contributed by atoms with Gasteiger partial charge in [0.15, 0.2) is 0 Å². The van der Waals surface area contributed by atoms with E-state index in [1.807, 2.05) is 0 Å². The van der Waals surface area contributed by atoms with Gasteiger partial charge in [0.25, 0.3) is 0 Å². The second-order valence-corrected chi connectivity index (χ2v) is 13.1. The zero-order valence-electron chi connectivity index (χ0n) is 22.3. The summed E-state index contributed by atoms with van der Waals surface area (Å²) >= 11 is 0. The Morgan fingerprint density at radius 3 is 2.47 bits per heavy atom. The van der Waals surface area contributed by atoms with E-state index in [4.69, 9.17) is 4.74 Å². The highest BCUT2D eigenvalue weighted by Gasteiger charge is 2.69. The number of fused-ring (bicyclic) bond motifs is 4. The maximum Gasteiger partial charge on any atom is 0.302 e. The summed E-state index contributed by atoms with van der Waals surface area (Å²) in [5.41, 5.74) is -0.0827. The third-order valence-corrected chi connectivity index (χ3v) is 10.6. The van der Waals surface area contributed by atoms with Crippen molar-refractivity contribution in [2.75, 3.05) is 0 Å². The minimum atomic E-state index is -1.26. The molecule has 0 heterocycles. The molecule has 0 amide bonds. The lowest BCUT2D eigenvalue weighted by Gasteiger charge is -2.59. The number of hydrogen-bond acceptors (Lipinski definition) is 5. The first kappa shape index (κ1) is 26.2. The van der Waals surface area contributed by atoms with Crippen LogP contribution in [-0.2, 0) is 9.53 Å². The zero-order valence-corrected chi connectivity index (χ0v) is 22.3. The Bertz CT molecular complexity index is 819.